The molecule has 4 nitrogen and oxygen atoms in total. The van der Waals surface area contributed by atoms with Gasteiger partial charge in [-0.3, -0.25) is 0 Å². The molecule has 1 aromatic heterocycles. The van der Waals surface area contributed by atoms with Crippen molar-refractivity contribution in [1.29, 1.82) is 0 Å². The summed E-state index contributed by atoms with van der Waals surface area (Å²) in [5.41, 5.74) is 2.35. The van der Waals surface area contributed by atoms with Gasteiger partial charge in [0.15, 0.2) is 0 Å². The van der Waals surface area contributed by atoms with Crippen molar-refractivity contribution in [3.63, 3.8) is 0 Å². The average Bonchev–Trinajstić information content (AvgIpc) is 2.79. The van der Waals surface area contributed by atoms with Crippen LogP contribution < -0.4 is 4.74 Å². The molecule has 1 N–H and O–H groups in total. The van der Waals surface area contributed by atoms with Crippen LogP contribution in [0, 0.1) is 13.8 Å². The van der Waals surface area contributed by atoms with Crippen LogP contribution in [0.3, 0.4) is 0 Å². The van der Waals surface area contributed by atoms with Crippen molar-refractivity contribution < 1.29 is 19.1 Å². The van der Waals surface area contributed by atoms with E-state index in [2.05, 4.69) is 0 Å². The molecule has 0 unspecified atom stereocenters. The predicted octanol–water partition coefficient (Wildman–Crippen LogP) is 3.17. The molecule has 4 heteroatoms. The van der Waals surface area contributed by atoms with Gasteiger partial charge in [-0.05, 0) is 49.2 Å². The molecule has 0 saturated heterocycles. The molecule has 18 heavy (non-hydrogen) atoms. The Hall–Kier alpha value is -2.23. The van der Waals surface area contributed by atoms with Crippen molar-refractivity contribution >= 4 is 5.97 Å². The molecule has 0 fully saturated rings. The normalized spacial score (nSPS) is 10.3. The van der Waals surface area contributed by atoms with Gasteiger partial charge < -0.3 is 14.3 Å². The number of aromatic carboxylic acids is 1. The Balaban J connectivity index is 2.02. The zero-order chi connectivity index (χ0) is 13.1. The molecule has 0 bridgehead atoms. The first kappa shape index (κ1) is 12.2. The van der Waals surface area contributed by atoms with Gasteiger partial charge in [0.25, 0.3) is 0 Å². The van der Waals surface area contributed by atoms with Crippen LogP contribution in [0.4, 0.5) is 0 Å². The van der Waals surface area contributed by atoms with Gasteiger partial charge in [-0.2, -0.15) is 0 Å². The highest BCUT2D eigenvalue weighted by atomic mass is 16.5. The van der Waals surface area contributed by atoms with E-state index in [4.69, 9.17) is 14.3 Å². The van der Waals surface area contributed by atoms with E-state index in [1.165, 1.54) is 11.6 Å². The maximum absolute atomic E-state index is 10.6. The van der Waals surface area contributed by atoms with Crippen LogP contribution in [-0.4, -0.2) is 11.1 Å². The molecule has 0 atom stereocenters. The number of rotatable bonds is 4. The summed E-state index contributed by atoms with van der Waals surface area (Å²) in [6, 6.07) is 8.82. The zero-order valence-corrected chi connectivity index (χ0v) is 10.3. The summed E-state index contributed by atoms with van der Waals surface area (Å²) in [4.78, 5) is 10.6. The second kappa shape index (κ2) is 4.96. The maximum Gasteiger partial charge on any atom is 0.371 e. The monoisotopic (exact) mass is 246 g/mol. The molecule has 1 heterocycles. The summed E-state index contributed by atoms with van der Waals surface area (Å²) in [5, 5.41) is 8.72. The SMILES string of the molecule is Cc1ccc(OCc2ccc(C(=O)O)o2)cc1C. The Morgan fingerprint density at radius 2 is 2.00 bits per heavy atom. The van der Waals surface area contributed by atoms with E-state index in [1.807, 2.05) is 32.0 Å². The number of hydrogen-bond donors (Lipinski definition) is 1. The highest BCUT2D eigenvalue weighted by Crippen LogP contribution is 2.18. The van der Waals surface area contributed by atoms with Gasteiger partial charge in [-0.15, -0.1) is 0 Å². The molecule has 0 saturated carbocycles. The van der Waals surface area contributed by atoms with Crippen molar-refractivity contribution in [1.82, 2.24) is 0 Å². The van der Waals surface area contributed by atoms with Gasteiger partial charge in [0.1, 0.15) is 18.1 Å². The number of carboxylic acid groups (broad SMARTS) is 1. The van der Waals surface area contributed by atoms with Crippen LogP contribution in [0.5, 0.6) is 5.75 Å². The van der Waals surface area contributed by atoms with Crippen molar-refractivity contribution in [2.45, 2.75) is 20.5 Å². The molecule has 0 spiro atoms. The Morgan fingerprint density at radius 1 is 1.22 bits per heavy atom. The summed E-state index contributed by atoms with van der Waals surface area (Å²) in [6.07, 6.45) is 0. The number of ether oxygens (including phenoxy) is 1. The molecule has 0 aliphatic carbocycles. The highest BCUT2D eigenvalue weighted by Gasteiger charge is 2.09. The first-order chi connectivity index (χ1) is 8.56. The van der Waals surface area contributed by atoms with Gasteiger partial charge in [0.05, 0.1) is 0 Å². The topological polar surface area (TPSA) is 59.7 Å². The van der Waals surface area contributed by atoms with E-state index in [0.29, 0.717) is 5.76 Å². The summed E-state index contributed by atoms with van der Waals surface area (Å²) in [6.45, 7) is 4.26. The standard InChI is InChI=1S/C14H14O4/c1-9-3-4-11(7-10(9)2)17-8-12-5-6-13(18-12)14(15)16/h3-7H,8H2,1-2H3,(H,15,16). The van der Waals surface area contributed by atoms with Crippen LogP contribution >= 0.6 is 0 Å². The molecule has 2 rings (SSSR count). The fourth-order valence-electron chi connectivity index (χ4n) is 1.53. The van der Waals surface area contributed by atoms with Gasteiger partial charge in [0, 0.05) is 0 Å². The second-order valence-corrected chi connectivity index (χ2v) is 4.11. The molecule has 0 amide bonds. The minimum atomic E-state index is -1.08. The Labute approximate surface area is 105 Å². The Morgan fingerprint density at radius 3 is 2.61 bits per heavy atom. The summed E-state index contributed by atoms with van der Waals surface area (Å²) in [5.74, 6) is 0.0816. The maximum atomic E-state index is 10.6. The van der Waals surface area contributed by atoms with E-state index < -0.39 is 5.97 Å². The molecule has 0 aliphatic heterocycles. The third kappa shape index (κ3) is 2.71. The lowest BCUT2D eigenvalue weighted by molar-refractivity contribution is 0.0658. The third-order valence-electron chi connectivity index (χ3n) is 2.73. The lowest BCUT2D eigenvalue weighted by atomic mass is 10.1. The first-order valence-electron chi connectivity index (χ1n) is 5.58. The van der Waals surface area contributed by atoms with Gasteiger partial charge >= 0.3 is 5.97 Å². The van der Waals surface area contributed by atoms with E-state index >= 15 is 0 Å². The smallest absolute Gasteiger partial charge is 0.371 e. The van der Waals surface area contributed by atoms with E-state index in [1.54, 1.807) is 6.07 Å². The Bertz CT molecular complexity index is 569. The molecular weight excluding hydrogens is 232 g/mol. The van der Waals surface area contributed by atoms with E-state index in [9.17, 15) is 4.79 Å². The van der Waals surface area contributed by atoms with Crippen molar-refractivity contribution in [2.75, 3.05) is 0 Å². The van der Waals surface area contributed by atoms with Crippen LogP contribution in [0.25, 0.3) is 0 Å². The lowest BCUT2D eigenvalue weighted by Crippen LogP contribution is -1.95. The molecule has 94 valence electrons. The molecule has 2 aromatic rings. The number of hydrogen-bond acceptors (Lipinski definition) is 3. The van der Waals surface area contributed by atoms with E-state index in [-0.39, 0.29) is 12.4 Å². The van der Waals surface area contributed by atoms with Crippen molar-refractivity contribution in [2.24, 2.45) is 0 Å². The van der Waals surface area contributed by atoms with Crippen LogP contribution in [0.2, 0.25) is 0 Å². The minimum absolute atomic E-state index is 0.0753. The number of carboxylic acids is 1. The summed E-state index contributed by atoms with van der Waals surface area (Å²) in [7, 11) is 0. The van der Waals surface area contributed by atoms with Gasteiger partial charge in [0.2, 0.25) is 5.76 Å². The zero-order valence-electron chi connectivity index (χ0n) is 10.3. The largest absolute Gasteiger partial charge is 0.486 e. The summed E-state index contributed by atoms with van der Waals surface area (Å²) < 4.78 is 10.6. The summed E-state index contributed by atoms with van der Waals surface area (Å²) >= 11 is 0. The van der Waals surface area contributed by atoms with Crippen LogP contribution in [0.1, 0.15) is 27.4 Å². The number of furan rings is 1. The van der Waals surface area contributed by atoms with Crippen LogP contribution in [-0.2, 0) is 6.61 Å². The number of carbonyl (C=O) groups is 1. The minimum Gasteiger partial charge on any atom is -0.486 e. The number of aryl methyl sites for hydroxylation is 2. The van der Waals surface area contributed by atoms with Gasteiger partial charge in [-0.25, -0.2) is 4.79 Å². The third-order valence-corrected chi connectivity index (χ3v) is 2.73. The quantitative estimate of drug-likeness (QED) is 0.900. The molecule has 1 aromatic carbocycles. The van der Waals surface area contributed by atoms with Crippen LogP contribution in [0.15, 0.2) is 34.7 Å². The van der Waals surface area contributed by atoms with Crippen molar-refractivity contribution in [3.05, 3.63) is 53.0 Å². The second-order valence-electron chi connectivity index (χ2n) is 4.11. The predicted molar refractivity (Wildman–Crippen MR) is 65.9 cm³/mol. The Kier molecular flexibility index (Phi) is 3.37. The number of benzene rings is 1. The molecule has 0 radical (unpaired) electrons. The molecular formula is C14H14O4. The van der Waals surface area contributed by atoms with Gasteiger partial charge in [-0.1, -0.05) is 6.07 Å². The van der Waals surface area contributed by atoms with Crippen molar-refractivity contribution in [3.8, 4) is 5.75 Å². The average molecular weight is 246 g/mol. The highest BCUT2D eigenvalue weighted by molar-refractivity contribution is 5.84. The molecule has 0 aliphatic rings. The lowest BCUT2D eigenvalue weighted by Gasteiger charge is -2.06. The first-order valence-corrected chi connectivity index (χ1v) is 5.58. The fourth-order valence-corrected chi connectivity index (χ4v) is 1.53. The van der Waals surface area contributed by atoms with E-state index in [0.717, 1.165) is 11.3 Å². The fraction of sp³-hybridized carbons (Fsp3) is 0.214.